The third-order valence-corrected chi connectivity index (χ3v) is 3.72. The second kappa shape index (κ2) is 6.58. The molecular formula is C13H14ClN3O2S. The quantitative estimate of drug-likeness (QED) is 0.833. The number of rotatable bonds is 5. The molecule has 1 amide bonds. The fourth-order valence-electron chi connectivity index (χ4n) is 1.71. The maximum Gasteiger partial charge on any atom is 0.307 e. The molecule has 0 aliphatic rings. The van der Waals surface area contributed by atoms with Gasteiger partial charge in [0.25, 0.3) is 0 Å². The first kappa shape index (κ1) is 14.6. The van der Waals surface area contributed by atoms with Crippen molar-refractivity contribution < 1.29 is 4.79 Å². The maximum absolute atomic E-state index is 11.8. The van der Waals surface area contributed by atoms with Gasteiger partial charge in [0.05, 0.1) is 10.7 Å². The van der Waals surface area contributed by atoms with Crippen molar-refractivity contribution >= 4 is 40.2 Å². The van der Waals surface area contributed by atoms with E-state index in [4.69, 9.17) is 17.3 Å². The number of benzene rings is 1. The monoisotopic (exact) mass is 311 g/mol. The first-order valence-corrected chi connectivity index (χ1v) is 7.31. The van der Waals surface area contributed by atoms with Crippen LogP contribution in [0.25, 0.3) is 0 Å². The molecule has 0 aliphatic heterocycles. The molecule has 0 unspecified atom stereocenters. The Morgan fingerprint density at radius 1 is 1.45 bits per heavy atom. The summed E-state index contributed by atoms with van der Waals surface area (Å²) in [6.07, 6.45) is 2.64. The Bertz CT molecular complexity index is 666. The van der Waals surface area contributed by atoms with Gasteiger partial charge in [-0.05, 0) is 24.6 Å². The van der Waals surface area contributed by atoms with Crippen molar-refractivity contribution in [3.63, 3.8) is 0 Å². The Kier molecular flexibility index (Phi) is 4.81. The summed E-state index contributed by atoms with van der Waals surface area (Å²) in [5, 5.41) is 4.86. The average Bonchev–Trinajstić information content (AvgIpc) is 2.79. The summed E-state index contributed by atoms with van der Waals surface area (Å²) >= 11 is 7.12. The molecule has 106 valence electrons. The Morgan fingerprint density at radius 2 is 2.25 bits per heavy atom. The summed E-state index contributed by atoms with van der Waals surface area (Å²) in [5.41, 5.74) is 6.66. The van der Waals surface area contributed by atoms with Crippen LogP contribution in [0.3, 0.4) is 0 Å². The number of nitrogens with two attached hydrogens (primary N) is 1. The van der Waals surface area contributed by atoms with Crippen molar-refractivity contribution in [3.8, 4) is 0 Å². The van der Waals surface area contributed by atoms with Crippen molar-refractivity contribution in [1.82, 2.24) is 4.57 Å². The number of carbonyl (C=O) groups is 1. The van der Waals surface area contributed by atoms with Gasteiger partial charge in [0.1, 0.15) is 0 Å². The maximum atomic E-state index is 11.8. The zero-order chi connectivity index (χ0) is 14.5. The van der Waals surface area contributed by atoms with Crippen LogP contribution in [0.2, 0.25) is 5.02 Å². The first-order chi connectivity index (χ1) is 9.56. The van der Waals surface area contributed by atoms with Gasteiger partial charge >= 0.3 is 4.87 Å². The number of amides is 1. The lowest BCUT2D eigenvalue weighted by atomic mass is 10.2. The van der Waals surface area contributed by atoms with E-state index >= 15 is 0 Å². The molecule has 0 radical (unpaired) electrons. The molecule has 1 aromatic heterocycles. The number of anilines is 2. The topological polar surface area (TPSA) is 77.1 Å². The number of thiazole rings is 1. The van der Waals surface area contributed by atoms with Crippen LogP contribution in [0.5, 0.6) is 0 Å². The number of halogens is 1. The molecule has 0 saturated heterocycles. The van der Waals surface area contributed by atoms with Crippen LogP contribution in [-0.4, -0.2) is 10.5 Å². The Hall–Kier alpha value is -1.79. The van der Waals surface area contributed by atoms with Crippen molar-refractivity contribution in [2.75, 3.05) is 11.1 Å². The summed E-state index contributed by atoms with van der Waals surface area (Å²) in [5.74, 6) is -0.139. The van der Waals surface area contributed by atoms with E-state index in [0.717, 1.165) is 11.3 Å². The number of hydrogen-bond acceptors (Lipinski definition) is 4. The lowest BCUT2D eigenvalue weighted by molar-refractivity contribution is -0.116. The lowest BCUT2D eigenvalue weighted by Crippen LogP contribution is -2.16. The Morgan fingerprint density at radius 3 is 2.90 bits per heavy atom. The van der Waals surface area contributed by atoms with Crippen LogP contribution in [0, 0.1) is 0 Å². The number of nitrogens with one attached hydrogen (secondary N) is 1. The average molecular weight is 312 g/mol. The van der Waals surface area contributed by atoms with Crippen LogP contribution in [-0.2, 0) is 11.3 Å². The Balaban J connectivity index is 1.84. The molecule has 20 heavy (non-hydrogen) atoms. The molecule has 0 saturated carbocycles. The standard InChI is InChI=1S/C13H14ClN3O2S/c14-10-8-9(15)3-4-11(10)16-12(18)2-1-5-17-6-7-20-13(17)19/h3-4,6-8H,1-2,5,15H2,(H,16,18). The van der Waals surface area contributed by atoms with Crippen LogP contribution in [0.15, 0.2) is 34.6 Å². The van der Waals surface area contributed by atoms with E-state index in [2.05, 4.69) is 5.32 Å². The molecule has 0 atom stereocenters. The molecule has 2 rings (SSSR count). The van der Waals surface area contributed by atoms with Gasteiger partial charge in [0.2, 0.25) is 5.91 Å². The summed E-state index contributed by atoms with van der Waals surface area (Å²) < 4.78 is 1.59. The van der Waals surface area contributed by atoms with Crippen molar-refractivity contribution in [3.05, 3.63) is 44.5 Å². The van der Waals surface area contributed by atoms with E-state index in [0.29, 0.717) is 35.8 Å². The molecule has 7 heteroatoms. The number of aromatic nitrogens is 1. The van der Waals surface area contributed by atoms with Crippen LogP contribution >= 0.6 is 22.9 Å². The highest BCUT2D eigenvalue weighted by atomic mass is 35.5. The number of carbonyl (C=O) groups excluding carboxylic acids is 1. The lowest BCUT2D eigenvalue weighted by Gasteiger charge is -2.08. The molecule has 5 nitrogen and oxygen atoms in total. The van der Waals surface area contributed by atoms with Gasteiger partial charge in [0, 0.05) is 30.2 Å². The van der Waals surface area contributed by atoms with Crippen LogP contribution in [0.4, 0.5) is 11.4 Å². The number of nitrogen functional groups attached to an aromatic ring is 1. The van der Waals surface area contributed by atoms with Crippen LogP contribution < -0.4 is 15.9 Å². The zero-order valence-corrected chi connectivity index (χ0v) is 12.2. The molecule has 1 heterocycles. The van der Waals surface area contributed by atoms with Crippen molar-refractivity contribution in [2.24, 2.45) is 0 Å². The molecule has 0 spiro atoms. The Labute approximate surface area is 125 Å². The molecule has 0 bridgehead atoms. The third kappa shape index (κ3) is 3.85. The van der Waals surface area contributed by atoms with E-state index in [1.165, 1.54) is 0 Å². The highest BCUT2D eigenvalue weighted by molar-refractivity contribution is 7.07. The molecular weight excluding hydrogens is 298 g/mol. The molecule has 1 aromatic carbocycles. The predicted octanol–water partition coefficient (Wildman–Crippen LogP) is 2.56. The molecule has 0 fully saturated rings. The van der Waals surface area contributed by atoms with Gasteiger partial charge in [-0.2, -0.15) is 0 Å². The van der Waals surface area contributed by atoms with Crippen molar-refractivity contribution in [2.45, 2.75) is 19.4 Å². The van der Waals surface area contributed by atoms with Gasteiger partial charge in [0.15, 0.2) is 0 Å². The minimum atomic E-state index is -0.139. The van der Waals surface area contributed by atoms with Gasteiger partial charge in [-0.1, -0.05) is 22.9 Å². The normalized spacial score (nSPS) is 10.4. The summed E-state index contributed by atoms with van der Waals surface area (Å²) in [4.78, 5) is 23.1. The largest absolute Gasteiger partial charge is 0.399 e. The van der Waals surface area contributed by atoms with Gasteiger partial charge in [-0.15, -0.1) is 0 Å². The van der Waals surface area contributed by atoms with E-state index in [1.54, 1.807) is 34.3 Å². The molecule has 3 N–H and O–H groups in total. The number of aryl methyl sites for hydroxylation is 1. The van der Waals surface area contributed by atoms with E-state index < -0.39 is 0 Å². The summed E-state index contributed by atoms with van der Waals surface area (Å²) in [6, 6.07) is 4.92. The fourth-order valence-corrected chi connectivity index (χ4v) is 2.56. The minimum absolute atomic E-state index is 0.00742. The van der Waals surface area contributed by atoms with Crippen LogP contribution in [0.1, 0.15) is 12.8 Å². The third-order valence-electron chi connectivity index (χ3n) is 2.71. The number of hydrogen-bond donors (Lipinski definition) is 2. The van der Waals surface area contributed by atoms with Crippen molar-refractivity contribution in [1.29, 1.82) is 0 Å². The van der Waals surface area contributed by atoms with E-state index in [9.17, 15) is 9.59 Å². The zero-order valence-electron chi connectivity index (χ0n) is 10.6. The second-order valence-corrected chi connectivity index (χ2v) is 5.52. The van der Waals surface area contributed by atoms with Gasteiger partial charge in [-0.3, -0.25) is 9.59 Å². The summed E-state index contributed by atoms with van der Waals surface area (Å²) in [7, 11) is 0. The predicted molar refractivity (Wildman–Crippen MR) is 82.3 cm³/mol. The second-order valence-electron chi connectivity index (χ2n) is 4.25. The van der Waals surface area contributed by atoms with E-state index in [1.807, 2.05) is 0 Å². The highest BCUT2D eigenvalue weighted by Crippen LogP contribution is 2.24. The molecule has 0 aliphatic carbocycles. The fraction of sp³-hybridized carbons (Fsp3) is 0.231. The van der Waals surface area contributed by atoms with Gasteiger partial charge < -0.3 is 15.6 Å². The highest BCUT2D eigenvalue weighted by Gasteiger charge is 2.06. The minimum Gasteiger partial charge on any atom is -0.399 e. The SMILES string of the molecule is Nc1ccc(NC(=O)CCCn2ccsc2=O)c(Cl)c1. The number of nitrogens with zero attached hydrogens (tertiary/aromatic N) is 1. The molecule has 2 aromatic rings. The van der Waals surface area contributed by atoms with E-state index in [-0.39, 0.29) is 10.8 Å². The first-order valence-electron chi connectivity index (χ1n) is 6.05. The van der Waals surface area contributed by atoms with Gasteiger partial charge in [-0.25, -0.2) is 0 Å². The smallest absolute Gasteiger partial charge is 0.307 e. The summed E-state index contributed by atoms with van der Waals surface area (Å²) in [6.45, 7) is 0.533.